The summed E-state index contributed by atoms with van der Waals surface area (Å²) in [7, 11) is 1.15. The quantitative estimate of drug-likeness (QED) is 0.453. The predicted octanol–water partition coefficient (Wildman–Crippen LogP) is 2.32. The standard InChI is InChI=1S/C18H16F2N2O5/c1-27-18(24)16(8-11-2-4-15(5-3-11)22(25)26)21-17(23)9-12-6-13(19)10-14(20)7-12/h2-7,10,16H,8-9H2,1H3,(H,21,23)/t16-/m0/s1. The van der Waals surface area contributed by atoms with Crippen LogP contribution in [0.1, 0.15) is 11.1 Å². The van der Waals surface area contributed by atoms with Crippen molar-refractivity contribution in [2.45, 2.75) is 18.9 Å². The van der Waals surface area contributed by atoms with Gasteiger partial charge in [-0.3, -0.25) is 14.9 Å². The number of non-ortho nitro benzene ring substituents is 1. The number of halogens is 2. The zero-order chi connectivity index (χ0) is 20.0. The van der Waals surface area contributed by atoms with Crippen LogP contribution in [-0.4, -0.2) is 30.0 Å². The number of methoxy groups -OCH3 is 1. The highest BCUT2D eigenvalue weighted by Gasteiger charge is 2.22. The lowest BCUT2D eigenvalue weighted by molar-refractivity contribution is -0.384. The lowest BCUT2D eigenvalue weighted by Crippen LogP contribution is -2.43. The molecular weight excluding hydrogens is 362 g/mol. The fourth-order valence-corrected chi connectivity index (χ4v) is 2.47. The molecule has 0 aliphatic heterocycles. The number of rotatable bonds is 7. The minimum Gasteiger partial charge on any atom is -0.467 e. The van der Waals surface area contributed by atoms with Gasteiger partial charge in [-0.1, -0.05) is 12.1 Å². The molecule has 9 heteroatoms. The summed E-state index contributed by atoms with van der Waals surface area (Å²) in [6, 6.07) is 7.15. The van der Waals surface area contributed by atoms with Crippen molar-refractivity contribution in [1.82, 2.24) is 5.32 Å². The van der Waals surface area contributed by atoms with Gasteiger partial charge in [-0.2, -0.15) is 0 Å². The van der Waals surface area contributed by atoms with Crippen molar-refractivity contribution in [3.05, 3.63) is 75.3 Å². The highest BCUT2D eigenvalue weighted by atomic mass is 19.1. The summed E-state index contributed by atoms with van der Waals surface area (Å²) in [6.07, 6.45) is -0.295. The largest absolute Gasteiger partial charge is 0.467 e. The average molecular weight is 378 g/mol. The third-order valence-corrected chi connectivity index (χ3v) is 3.69. The van der Waals surface area contributed by atoms with Crippen LogP contribution in [0.5, 0.6) is 0 Å². The first-order valence-electron chi connectivity index (χ1n) is 7.84. The molecule has 2 aromatic rings. The molecule has 0 bridgehead atoms. The number of nitro groups is 1. The van der Waals surface area contributed by atoms with Crippen LogP contribution in [-0.2, 0) is 27.2 Å². The molecule has 0 saturated heterocycles. The molecule has 0 aliphatic carbocycles. The van der Waals surface area contributed by atoms with Crippen molar-refractivity contribution < 1.29 is 28.0 Å². The third-order valence-electron chi connectivity index (χ3n) is 3.69. The first kappa shape index (κ1) is 20.0. The van der Waals surface area contributed by atoms with Crippen LogP contribution in [0.3, 0.4) is 0 Å². The Balaban J connectivity index is 2.08. The molecule has 0 aliphatic rings. The summed E-state index contributed by atoms with van der Waals surface area (Å²) in [4.78, 5) is 34.2. The van der Waals surface area contributed by atoms with Gasteiger partial charge in [0.05, 0.1) is 18.5 Å². The molecule has 0 aromatic heterocycles. The smallest absolute Gasteiger partial charge is 0.328 e. The number of hydrogen-bond donors (Lipinski definition) is 1. The van der Waals surface area contributed by atoms with Gasteiger partial charge in [0, 0.05) is 24.6 Å². The molecule has 1 atom stereocenters. The van der Waals surface area contributed by atoms with Crippen LogP contribution in [0.2, 0.25) is 0 Å². The number of nitrogens with one attached hydrogen (secondary N) is 1. The van der Waals surface area contributed by atoms with Gasteiger partial charge < -0.3 is 10.1 Å². The Morgan fingerprint density at radius 3 is 2.22 bits per heavy atom. The Labute approximate surface area is 153 Å². The topological polar surface area (TPSA) is 98.5 Å². The molecule has 0 unspecified atom stereocenters. The van der Waals surface area contributed by atoms with E-state index in [2.05, 4.69) is 10.1 Å². The minimum atomic E-state index is -1.05. The van der Waals surface area contributed by atoms with Crippen molar-refractivity contribution in [2.75, 3.05) is 7.11 Å². The van der Waals surface area contributed by atoms with Gasteiger partial charge in [0.1, 0.15) is 17.7 Å². The lowest BCUT2D eigenvalue weighted by atomic mass is 10.0. The monoisotopic (exact) mass is 378 g/mol. The molecule has 142 valence electrons. The summed E-state index contributed by atoms with van der Waals surface area (Å²) in [5.74, 6) is -2.97. The number of nitrogens with zero attached hydrogens (tertiary/aromatic N) is 1. The van der Waals surface area contributed by atoms with Crippen molar-refractivity contribution in [2.24, 2.45) is 0 Å². The zero-order valence-electron chi connectivity index (χ0n) is 14.3. The maximum atomic E-state index is 13.2. The maximum absolute atomic E-state index is 13.2. The van der Waals surface area contributed by atoms with Crippen LogP contribution >= 0.6 is 0 Å². The van der Waals surface area contributed by atoms with Crippen LogP contribution in [0, 0.1) is 21.7 Å². The fraction of sp³-hybridized carbons (Fsp3) is 0.222. The highest BCUT2D eigenvalue weighted by molar-refractivity contribution is 5.85. The molecule has 0 radical (unpaired) electrons. The van der Waals surface area contributed by atoms with E-state index in [0.717, 1.165) is 19.2 Å². The molecule has 7 nitrogen and oxygen atoms in total. The first-order chi connectivity index (χ1) is 12.8. The molecule has 0 heterocycles. The zero-order valence-corrected chi connectivity index (χ0v) is 14.3. The van der Waals surface area contributed by atoms with Crippen molar-refractivity contribution >= 4 is 17.6 Å². The van der Waals surface area contributed by atoms with Gasteiger partial charge in [0.15, 0.2) is 0 Å². The summed E-state index contributed by atoms with van der Waals surface area (Å²) in [6.45, 7) is 0. The molecular formula is C18H16F2N2O5. The summed E-state index contributed by atoms with van der Waals surface area (Å²) < 4.78 is 31.1. The molecule has 2 aromatic carbocycles. The van der Waals surface area contributed by atoms with E-state index in [1.807, 2.05) is 0 Å². The number of hydrogen-bond acceptors (Lipinski definition) is 5. The Morgan fingerprint density at radius 2 is 1.70 bits per heavy atom. The molecule has 0 saturated carbocycles. The van der Waals surface area contributed by atoms with Crippen LogP contribution in [0.4, 0.5) is 14.5 Å². The Bertz CT molecular complexity index is 835. The summed E-state index contributed by atoms with van der Waals surface area (Å²) in [5.41, 5.74) is 0.572. The van der Waals surface area contributed by atoms with Gasteiger partial charge in [-0.15, -0.1) is 0 Å². The number of ether oxygens (including phenoxy) is 1. The van der Waals surface area contributed by atoms with E-state index in [4.69, 9.17) is 0 Å². The Morgan fingerprint density at radius 1 is 1.11 bits per heavy atom. The maximum Gasteiger partial charge on any atom is 0.328 e. The van der Waals surface area contributed by atoms with Crippen LogP contribution in [0.15, 0.2) is 42.5 Å². The van der Waals surface area contributed by atoms with Crippen LogP contribution in [0.25, 0.3) is 0 Å². The van der Waals surface area contributed by atoms with E-state index in [9.17, 15) is 28.5 Å². The summed E-state index contributed by atoms with van der Waals surface area (Å²) >= 11 is 0. The van der Waals surface area contributed by atoms with E-state index in [1.54, 1.807) is 0 Å². The second-order valence-electron chi connectivity index (χ2n) is 5.73. The average Bonchev–Trinajstić information content (AvgIpc) is 2.60. The normalized spacial score (nSPS) is 11.5. The lowest BCUT2D eigenvalue weighted by Gasteiger charge is -2.16. The fourth-order valence-electron chi connectivity index (χ4n) is 2.47. The van der Waals surface area contributed by atoms with E-state index in [1.165, 1.54) is 24.3 Å². The molecule has 1 N–H and O–H groups in total. The molecule has 0 fully saturated rings. The second-order valence-corrected chi connectivity index (χ2v) is 5.73. The van der Waals surface area contributed by atoms with Crippen LogP contribution < -0.4 is 5.32 Å². The van der Waals surface area contributed by atoms with E-state index in [-0.39, 0.29) is 24.1 Å². The SMILES string of the molecule is COC(=O)[C@H](Cc1ccc([N+](=O)[O-])cc1)NC(=O)Cc1cc(F)cc(F)c1. The number of amides is 1. The van der Waals surface area contributed by atoms with E-state index in [0.29, 0.717) is 11.6 Å². The van der Waals surface area contributed by atoms with Gasteiger partial charge in [0.2, 0.25) is 5.91 Å². The van der Waals surface area contributed by atoms with Gasteiger partial charge >= 0.3 is 5.97 Å². The number of benzene rings is 2. The second kappa shape index (κ2) is 8.84. The number of esters is 1. The van der Waals surface area contributed by atoms with E-state index >= 15 is 0 Å². The number of carbonyl (C=O) groups excluding carboxylic acids is 2. The van der Waals surface area contributed by atoms with Gasteiger partial charge in [0.25, 0.3) is 5.69 Å². The Hall–Kier alpha value is -3.36. The van der Waals surface area contributed by atoms with Gasteiger partial charge in [-0.05, 0) is 23.3 Å². The van der Waals surface area contributed by atoms with Crippen molar-refractivity contribution in [1.29, 1.82) is 0 Å². The number of carbonyl (C=O) groups is 2. The molecule has 27 heavy (non-hydrogen) atoms. The van der Waals surface area contributed by atoms with Crippen molar-refractivity contribution in [3.8, 4) is 0 Å². The Kier molecular flexibility index (Phi) is 6.53. The predicted molar refractivity (Wildman–Crippen MR) is 90.8 cm³/mol. The molecule has 0 spiro atoms. The van der Waals surface area contributed by atoms with Gasteiger partial charge in [-0.25, -0.2) is 13.6 Å². The number of nitro benzene ring substituents is 1. The summed E-state index contributed by atoms with van der Waals surface area (Å²) in [5, 5.41) is 13.1. The molecule has 1 amide bonds. The highest BCUT2D eigenvalue weighted by Crippen LogP contribution is 2.14. The first-order valence-corrected chi connectivity index (χ1v) is 7.84. The minimum absolute atomic E-state index is 0.0356. The van der Waals surface area contributed by atoms with E-state index < -0.39 is 34.5 Å². The molecule has 2 rings (SSSR count). The third kappa shape index (κ3) is 5.84. The van der Waals surface area contributed by atoms with Crippen molar-refractivity contribution in [3.63, 3.8) is 0 Å².